The first-order chi connectivity index (χ1) is 20.0. The highest BCUT2D eigenvalue weighted by Crippen LogP contribution is 2.40. The van der Waals surface area contributed by atoms with E-state index in [1.165, 1.54) is 21.3 Å². The van der Waals surface area contributed by atoms with Gasteiger partial charge in [-0.25, -0.2) is 4.98 Å². The van der Waals surface area contributed by atoms with Gasteiger partial charge in [0, 0.05) is 5.56 Å². The number of para-hydroxylation sites is 2. The largest absolute Gasteiger partial charge is 0.493 e. The van der Waals surface area contributed by atoms with Crippen molar-refractivity contribution in [3.05, 3.63) is 108 Å². The lowest BCUT2D eigenvalue weighted by molar-refractivity contribution is 0.105. The number of allylic oxidation sites excluding steroid dienone is 1. The van der Waals surface area contributed by atoms with Crippen LogP contribution in [-0.4, -0.2) is 39.2 Å². The molecule has 0 unspecified atom stereocenters. The lowest BCUT2D eigenvalue weighted by atomic mass is 9.99. The van der Waals surface area contributed by atoms with Crippen LogP contribution in [0.15, 0.2) is 89.3 Å². The van der Waals surface area contributed by atoms with Gasteiger partial charge >= 0.3 is 0 Å². The van der Waals surface area contributed by atoms with Crippen LogP contribution in [0, 0.1) is 0 Å². The molecule has 0 atom stereocenters. The number of fused-ring (bicyclic) bond motifs is 1. The quantitative estimate of drug-likeness (QED) is 0.130. The Bertz CT molecular complexity index is 1650. The first kappa shape index (κ1) is 27.3. The summed E-state index contributed by atoms with van der Waals surface area (Å²) >= 11 is 0. The molecule has 1 heterocycles. The van der Waals surface area contributed by atoms with Gasteiger partial charge in [-0.3, -0.25) is 4.79 Å². The van der Waals surface area contributed by atoms with Crippen LogP contribution in [-0.2, 0) is 6.61 Å². The topological polar surface area (TPSA) is 89.3 Å². The highest BCUT2D eigenvalue weighted by molar-refractivity contribution is 6.32. The highest BCUT2D eigenvalue weighted by atomic mass is 16.5. The van der Waals surface area contributed by atoms with Gasteiger partial charge in [0.15, 0.2) is 34.4 Å². The fourth-order valence-corrected chi connectivity index (χ4v) is 4.37. The summed E-state index contributed by atoms with van der Waals surface area (Å²) in [7, 11) is 6.07. The predicted molar refractivity (Wildman–Crippen MR) is 156 cm³/mol. The van der Waals surface area contributed by atoms with Crippen LogP contribution in [0.5, 0.6) is 28.7 Å². The van der Waals surface area contributed by atoms with Crippen LogP contribution < -0.4 is 23.7 Å². The number of methoxy groups -OCH3 is 4. The van der Waals surface area contributed by atoms with E-state index in [1.54, 1.807) is 43.5 Å². The van der Waals surface area contributed by atoms with Crippen LogP contribution >= 0.6 is 0 Å². The molecule has 0 spiro atoms. The van der Waals surface area contributed by atoms with Crippen molar-refractivity contribution in [2.24, 2.45) is 0 Å². The van der Waals surface area contributed by atoms with Gasteiger partial charge in [-0.05, 0) is 53.6 Å². The third-order valence-corrected chi connectivity index (χ3v) is 6.43. The molecule has 8 heteroatoms. The summed E-state index contributed by atoms with van der Waals surface area (Å²) in [5.41, 5.74) is 3.46. The van der Waals surface area contributed by atoms with Crippen LogP contribution in [0.4, 0.5) is 0 Å². The lowest BCUT2D eigenvalue weighted by Gasteiger charge is -2.14. The minimum absolute atomic E-state index is 0.174. The monoisotopic (exact) mass is 551 g/mol. The molecule has 4 aromatic carbocycles. The number of benzene rings is 4. The number of nitrogens with zero attached hydrogens (tertiary/aromatic N) is 1. The second kappa shape index (κ2) is 12.3. The smallest absolute Gasteiger partial charge is 0.231 e. The normalized spacial score (nSPS) is 11.3. The Labute approximate surface area is 237 Å². The van der Waals surface area contributed by atoms with Crippen molar-refractivity contribution < 1.29 is 32.9 Å². The van der Waals surface area contributed by atoms with E-state index < -0.39 is 0 Å². The minimum atomic E-state index is -0.348. The standard InChI is InChI=1S/C33H29NO7/c1-36-28-17-22(14-15-27(28)40-20-21-10-6-5-7-11-21)16-24(33-34-25-12-8-9-13-26(25)41-33)31(35)23-18-29(37-2)32(39-4)30(19-23)38-3/h5-19H,20H2,1-4H3/b24-16-. The summed E-state index contributed by atoms with van der Waals surface area (Å²) in [6.45, 7) is 0.389. The van der Waals surface area contributed by atoms with Gasteiger partial charge in [0.05, 0.1) is 34.0 Å². The molecule has 5 rings (SSSR count). The number of carbonyl (C=O) groups excluding carboxylic acids is 1. The maximum absolute atomic E-state index is 14.1. The van der Waals surface area contributed by atoms with Crippen molar-refractivity contribution >= 4 is 28.5 Å². The van der Waals surface area contributed by atoms with E-state index in [-0.39, 0.29) is 17.2 Å². The first-order valence-corrected chi connectivity index (χ1v) is 12.8. The van der Waals surface area contributed by atoms with Crippen molar-refractivity contribution in [1.29, 1.82) is 0 Å². The number of ketones is 1. The average Bonchev–Trinajstić information content (AvgIpc) is 3.46. The summed E-state index contributed by atoms with van der Waals surface area (Å²) in [6.07, 6.45) is 1.71. The summed E-state index contributed by atoms with van der Waals surface area (Å²) in [4.78, 5) is 18.7. The van der Waals surface area contributed by atoms with Gasteiger partial charge in [0.1, 0.15) is 12.1 Å². The molecule has 0 radical (unpaired) electrons. The third kappa shape index (κ3) is 5.86. The van der Waals surface area contributed by atoms with Crippen molar-refractivity contribution in [2.75, 3.05) is 28.4 Å². The Morgan fingerprint density at radius 1 is 0.756 bits per heavy atom. The maximum Gasteiger partial charge on any atom is 0.231 e. The van der Waals surface area contributed by atoms with Gasteiger partial charge < -0.3 is 28.1 Å². The summed E-state index contributed by atoms with van der Waals surface area (Å²) in [5.74, 6) is 2.02. The number of hydrogen-bond donors (Lipinski definition) is 0. The van der Waals surface area contributed by atoms with E-state index in [0.29, 0.717) is 57.6 Å². The molecule has 0 fully saturated rings. The van der Waals surface area contributed by atoms with E-state index in [4.69, 9.17) is 28.1 Å². The van der Waals surface area contributed by atoms with Crippen LogP contribution in [0.1, 0.15) is 27.4 Å². The van der Waals surface area contributed by atoms with Crippen LogP contribution in [0.3, 0.4) is 0 Å². The molecule has 0 aliphatic carbocycles. The minimum Gasteiger partial charge on any atom is -0.493 e. The Hall–Kier alpha value is -5.24. The Kier molecular flexibility index (Phi) is 8.20. The molecular formula is C33H29NO7. The zero-order valence-corrected chi connectivity index (χ0v) is 23.2. The Morgan fingerprint density at radius 3 is 2.10 bits per heavy atom. The number of rotatable bonds is 11. The molecule has 0 N–H and O–H groups in total. The van der Waals surface area contributed by atoms with E-state index in [1.807, 2.05) is 54.6 Å². The average molecular weight is 552 g/mol. The highest BCUT2D eigenvalue weighted by Gasteiger charge is 2.24. The van der Waals surface area contributed by atoms with Gasteiger partial charge in [0.2, 0.25) is 11.6 Å². The third-order valence-electron chi connectivity index (χ3n) is 6.43. The van der Waals surface area contributed by atoms with Crippen LogP contribution in [0.25, 0.3) is 22.7 Å². The molecule has 41 heavy (non-hydrogen) atoms. The number of Topliss-reactive ketones (excluding diaryl/α,β-unsaturated/α-hetero) is 1. The first-order valence-electron chi connectivity index (χ1n) is 12.8. The molecule has 8 nitrogen and oxygen atoms in total. The van der Waals surface area contributed by atoms with Crippen molar-refractivity contribution in [1.82, 2.24) is 4.98 Å². The second-order valence-corrected chi connectivity index (χ2v) is 8.97. The zero-order chi connectivity index (χ0) is 28.8. The second-order valence-electron chi connectivity index (χ2n) is 8.97. The lowest BCUT2D eigenvalue weighted by Crippen LogP contribution is -2.06. The number of hydrogen-bond acceptors (Lipinski definition) is 8. The van der Waals surface area contributed by atoms with Crippen molar-refractivity contribution in [3.8, 4) is 28.7 Å². The SMILES string of the molecule is COc1cc(/C=C(/C(=O)c2cc(OC)c(OC)c(OC)c2)c2nc3ccccc3o2)ccc1OCc1ccccc1. The van der Waals surface area contributed by atoms with E-state index in [0.717, 1.165) is 5.56 Å². The summed E-state index contributed by atoms with van der Waals surface area (Å²) in [5, 5.41) is 0. The molecule has 208 valence electrons. The fourth-order valence-electron chi connectivity index (χ4n) is 4.37. The Balaban J connectivity index is 1.57. The molecule has 0 amide bonds. The number of carbonyl (C=O) groups is 1. The molecule has 0 aliphatic rings. The van der Waals surface area contributed by atoms with Crippen molar-refractivity contribution in [3.63, 3.8) is 0 Å². The van der Waals surface area contributed by atoms with Gasteiger partial charge in [-0.15, -0.1) is 0 Å². The van der Waals surface area contributed by atoms with Gasteiger partial charge in [0.25, 0.3) is 0 Å². The molecule has 1 aromatic heterocycles. The van der Waals surface area contributed by atoms with E-state index in [9.17, 15) is 4.79 Å². The summed E-state index contributed by atoms with van der Waals surface area (Å²) in [6, 6.07) is 25.8. The molecule has 0 aliphatic heterocycles. The van der Waals surface area contributed by atoms with Gasteiger partial charge in [-0.2, -0.15) is 0 Å². The van der Waals surface area contributed by atoms with E-state index >= 15 is 0 Å². The predicted octanol–water partition coefficient (Wildman–Crippen LogP) is 6.86. The van der Waals surface area contributed by atoms with E-state index in [2.05, 4.69) is 4.98 Å². The molecule has 5 aromatic rings. The molecule has 0 saturated heterocycles. The van der Waals surface area contributed by atoms with Crippen LogP contribution in [0.2, 0.25) is 0 Å². The fraction of sp³-hybridized carbons (Fsp3) is 0.152. The Morgan fingerprint density at radius 2 is 1.44 bits per heavy atom. The van der Waals surface area contributed by atoms with Crippen molar-refractivity contribution in [2.45, 2.75) is 6.61 Å². The molecule has 0 saturated carbocycles. The number of oxazole rings is 1. The number of aromatic nitrogens is 1. The zero-order valence-electron chi connectivity index (χ0n) is 23.2. The molecule has 0 bridgehead atoms. The van der Waals surface area contributed by atoms with Gasteiger partial charge in [-0.1, -0.05) is 48.5 Å². The maximum atomic E-state index is 14.1. The molecular weight excluding hydrogens is 522 g/mol. The number of ether oxygens (including phenoxy) is 5. The summed E-state index contributed by atoms with van der Waals surface area (Å²) < 4.78 is 34.0.